The minimum atomic E-state index is -0.159. The van der Waals surface area contributed by atoms with Crippen LogP contribution in [-0.4, -0.2) is 62.2 Å². The fraction of sp³-hybridized carbons (Fsp3) is 0.290. The highest BCUT2D eigenvalue weighted by Gasteiger charge is 2.30. The molecule has 11 heteroatoms. The largest absolute Gasteiger partial charge is 0.353 e. The molecule has 2 atom stereocenters. The molecule has 1 saturated heterocycles. The van der Waals surface area contributed by atoms with Gasteiger partial charge in [0.1, 0.15) is 11.8 Å². The van der Waals surface area contributed by atoms with Crippen LogP contribution in [0.5, 0.6) is 0 Å². The number of anilines is 2. The zero-order chi connectivity index (χ0) is 29.8. The molecule has 9 nitrogen and oxygen atoms in total. The number of piperidine rings is 1. The first-order valence-corrected chi connectivity index (χ1v) is 14.4. The number of rotatable bonds is 7. The van der Waals surface area contributed by atoms with Crippen LogP contribution in [0.4, 0.5) is 17.2 Å². The second kappa shape index (κ2) is 12.7. The number of halogens is 2. The molecule has 0 saturated carbocycles. The number of nitrogens with zero attached hydrogens (tertiary/aromatic N) is 6. The van der Waals surface area contributed by atoms with Crippen molar-refractivity contribution in [3.63, 3.8) is 0 Å². The molecule has 1 aliphatic heterocycles. The van der Waals surface area contributed by atoms with Crippen molar-refractivity contribution in [2.75, 3.05) is 25.5 Å². The third kappa shape index (κ3) is 6.15. The van der Waals surface area contributed by atoms with Crippen molar-refractivity contribution in [3.8, 4) is 6.07 Å². The van der Waals surface area contributed by atoms with Crippen molar-refractivity contribution in [1.82, 2.24) is 19.4 Å². The number of benzene rings is 2. The summed E-state index contributed by atoms with van der Waals surface area (Å²) < 4.78 is 3.48. The first-order valence-electron chi connectivity index (χ1n) is 13.6. The normalized spacial score (nSPS) is 17.2. The summed E-state index contributed by atoms with van der Waals surface area (Å²) in [7, 11) is 1.91. The number of carbonyl (C=O) groups excluding carboxylic acids is 2. The lowest BCUT2D eigenvalue weighted by Crippen LogP contribution is -2.44. The van der Waals surface area contributed by atoms with Gasteiger partial charge < -0.3 is 10.2 Å². The van der Waals surface area contributed by atoms with Crippen molar-refractivity contribution >= 4 is 69.5 Å². The zero-order valence-corrected chi connectivity index (χ0v) is 24.8. The van der Waals surface area contributed by atoms with Gasteiger partial charge >= 0.3 is 5.82 Å². The Morgan fingerprint density at radius 2 is 1.88 bits per heavy atom. The van der Waals surface area contributed by atoms with Gasteiger partial charge in [-0.3, -0.25) is 14.2 Å². The van der Waals surface area contributed by atoms with Gasteiger partial charge in [0, 0.05) is 30.9 Å². The predicted molar refractivity (Wildman–Crippen MR) is 164 cm³/mol. The molecule has 0 bridgehead atoms. The maximum atomic E-state index is 13.6. The van der Waals surface area contributed by atoms with Crippen LogP contribution in [-0.2, 0) is 11.2 Å². The first kappa shape index (κ1) is 29.2. The quantitative estimate of drug-likeness (QED) is 0.202. The van der Waals surface area contributed by atoms with Gasteiger partial charge in [0.05, 0.1) is 41.5 Å². The highest BCUT2D eigenvalue weighted by molar-refractivity contribution is 6.39. The average molecular weight is 604 g/mol. The topological polar surface area (TPSA) is 107 Å². The van der Waals surface area contributed by atoms with Gasteiger partial charge in [-0.05, 0) is 47.2 Å². The van der Waals surface area contributed by atoms with E-state index in [1.807, 2.05) is 48.0 Å². The Hall–Kier alpha value is -4.26. The molecule has 1 unspecified atom stereocenters. The molecule has 1 N–H and O–H groups in total. The van der Waals surface area contributed by atoms with Crippen LogP contribution in [0.3, 0.4) is 0 Å². The van der Waals surface area contributed by atoms with E-state index in [0.29, 0.717) is 46.2 Å². The van der Waals surface area contributed by atoms with Gasteiger partial charge in [0.25, 0.3) is 0 Å². The molecular formula is C31H30Cl2N7O2+. The van der Waals surface area contributed by atoms with E-state index in [0.717, 1.165) is 23.1 Å². The second-order valence-corrected chi connectivity index (χ2v) is 11.2. The Bertz CT molecular complexity index is 1710. The first-order chi connectivity index (χ1) is 20.3. The minimum absolute atomic E-state index is 0.0933. The van der Waals surface area contributed by atoms with Gasteiger partial charge in [-0.2, -0.15) is 10.2 Å². The summed E-state index contributed by atoms with van der Waals surface area (Å²) in [5, 5.41) is 13.9. The number of aromatic nitrogens is 3. The molecule has 0 radical (unpaired) electrons. The fourth-order valence-corrected chi connectivity index (χ4v) is 5.77. The second-order valence-electron chi connectivity index (χ2n) is 10.4. The summed E-state index contributed by atoms with van der Waals surface area (Å²) in [5.41, 5.74) is 2.59. The lowest BCUT2D eigenvalue weighted by Gasteiger charge is -2.34. The number of amides is 1. The minimum Gasteiger partial charge on any atom is -0.353 e. The van der Waals surface area contributed by atoms with Crippen molar-refractivity contribution in [2.24, 2.45) is 11.8 Å². The summed E-state index contributed by atoms with van der Waals surface area (Å²) in [6.45, 7) is 3.37. The molecule has 3 heterocycles. The molecule has 4 aromatic rings. The smallest absolute Gasteiger partial charge is 0.335 e. The van der Waals surface area contributed by atoms with Gasteiger partial charge in [0.2, 0.25) is 18.1 Å². The summed E-state index contributed by atoms with van der Waals surface area (Å²) >= 11 is 12.7. The van der Waals surface area contributed by atoms with Gasteiger partial charge in [0.15, 0.2) is 5.65 Å². The van der Waals surface area contributed by atoms with Crippen LogP contribution in [0.15, 0.2) is 61.1 Å². The van der Waals surface area contributed by atoms with E-state index in [2.05, 4.69) is 28.4 Å². The maximum absolute atomic E-state index is 13.6. The van der Waals surface area contributed by atoms with Gasteiger partial charge in [-0.1, -0.05) is 54.4 Å². The van der Waals surface area contributed by atoms with Crippen molar-refractivity contribution in [1.29, 1.82) is 5.26 Å². The summed E-state index contributed by atoms with van der Waals surface area (Å²) in [4.78, 5) is 36.6. The maximum Gasteiger partial charge on any atom is 0.335 e. The molecule has 214 valence electrons. The van der Waals surface area contributed by atoms with Crippen LogP contribution < -0.4 is 5.32 Å². The molecule has 2 aromatic carbocycles. The lowest BCUT2D eigenvalue weighted by atomic mass is 9.87. The highest BCUT2D eigenvalue weighted by Crippen LogP contribution is 2.34. The molecule has 1 fully saturated rings. The standard InChI is InChI=1S/C31H30Cl2N7O2/c1-20-11-14-39(27(41)10-13-34)18-22(20)17-38(2)30-23-12-15-40(31(23)36-19-35-30)28(42)16-21-6-3-4-9-26(21)37-29-24(32)7-5-8-25(29)33/h3-9,12,15,17,19-20,22,37H,10-11,14,16,18H2,1-2H3/q+1/t20-,22?/m1/s1. The number of hydrogen-bond donors (Lipinski definition) is 1. The molecule has 0 aliphatic carbocycles. The molecule has 0 spiro atoms. The van der Waals surface area contributed by atoms with Crippen molar-refractivity contribution in [3.05, 3.63) is 76.7 Å². The number of para-hydroxylation sites is 2. The lowest BCUT2D eigenvalue weighted by molar-refractivity contribution is -0.405. The van der Waals surface area contributed by atoms with E-state index in [9.17, 15) is 9.59 Å². The Morgan fingerprint density at radius 3 is 2.64 bits per heavy atom. The predicted octanol–water partition coefficient (Wildman–Crippen LogP) is 6.11. The van der Waals surface area contributed by atoms with Crippen LogP contribution in [0.2, 0.25) is 10.0 Å². The fourth-order valence-electron chi connectivity index (χ4n) is 5.27. The zero-order valence-electron chi connectivity index (χ0n) is 23.3. The Balaban J connectivity index is 1.39. The Kier molecular flexibility index (Phi) is 8.86. The molecule has 5 rings (SSSR count). The Labute approximate surface area is 254 Å². The summed E-state index contributed by atoms with van der Waals surface area (Å²) in [5.74, 6) is 0.812. The van der Waals surface area contributed by atoms with E-state index in [1.165, 1.54) is 6.33 Å². The molecular weight excluding hydrogens is 573 g/mol. The monoisotopic (exact) mass is 602 g/mol. The number of carbonyl (C=O) groups is 2. The number of nitrogens with one attached hydrogen (secondary N) is 1. The van der Waals surface area contributed by atoms with Crippen LogP contribution in [0.1, 0.15) is 30.1 Å². The summed E-state index contributed by atoms with van der Waals surface area (Å²) in [6.07, 6.45) is 6.09. The molecule has 2 aromatic heterocycles. The van der Waals surface area contributed by atoms with Crippen LogP contribution in [0.25, 0.3) is 11.0 Å². The summed E-state index contributed by atoms with van der Waals surface area (Å²) in [6, 6.07) is 16.6. The van der Waals surface area contributed by atoms with Crippen molar-refractivity contribution < 1.29 is 14.2 Å². The third-order valence-corrected chi connectivity index (χ3v) is 8.29. The SMILES string of the molecule is C[C@@H]1CCN(C(=O)CC#N)CC1C=[N+](C)c1ncnc2c1ccn2C(=O)Cc1ccccc1Nc1c(Cl)cccc1Cl. The Morgan fingerprint density at radius 1 is 1.12 bits per heavy atom. The van der Waals surface area contributed by atoms with Crippen molar-refractivity contribution in [2.45, 2.75) is 26.2 Å². The highest BCUT2D eigenvalue weighted by atomic mass is 35.5. The third-order valence-electron chi connectivity index (χ3n) is 7.66. The van der Waals surface area contributed by atoms with E-state index < -0.39 is 0 Å². The van der Waals surface area contributed by atoms with E-state index in [1.54, 1.807) is 33.9 Å². The number of nitriles is 1. The number of hydrogen-bond acceptors (Lipinski definition) is 6. The van der Waals surface area contributed by atoms with Crippen LogP contribution in [0, 0.1) is 23.2 Å². The molecule has 1 amide bonds. The van der Waals surface area contributed by atoms with Gasteiger partial charge in [-0.25, -0.2) is 4.58 Å². The van der Waals surface area contributed by atoms with Gasteiger partial charge in [-0.15, -0.1) is 0 Å². The van der Waals surface area contributed by atoms with E-state index in [-0.39, 0.29) is 30.6 Å². The average Bonchev–Trinajstić information content (AvgIpc) is 3.42. The van der Waals surface area contributed by atoms with E-state index >= 15 is 0 Å². The van der Waals surface area contributed by atoms with Crippen LogP contribution >= 0.6 is 23.2 Å². The number of fused-ring (bicyclic) bond motifs is 1. The number of likely N-dealkylation sites (tertiary alicyclic amines) is 1. The molecule has 42 heavy (non-hydrogen) atoms. The van der Waals surface area contributed by atoms with E-state index in [4.69, 9.17) is 28.5 Å². The molecule has 1 aliphatic rings.